The second-order valence-electron chi connectivity index (χ2n) is 17.6. The Morgan fingerprint density at radius 2 is 1.36 bits per heavy atom. The second-order valence-corrected chi connectivity index (χ2v) is 17.6. The van der Waals surface area contributed by atoms with Crippen LogP contribution in [0.1, 0.15) is 91.3 Å². The molecule has 0 saturated heterocycles. The highest BCUT2D eigenvalue weighted by Gasteiger charge is 2.48. The molecule has 0 amide bonds. The van der Waals surface area contributed by atoms with Gasteiger partial charge >= 0.3 is 0 Å². The summed E-state index contributed by atoms with van der Waals surface area (Å²) < 4.78 is 0. The van der Waals surface area contributed by atoms with Crippen molar-refractivity contribution in [3.05, 3.63) is 208 Å². The summed E-state index contributed by atoms with van der Waals surface area (Å²) in [4.78, 5) is 2.54. The van der Waals surface area contributed by atoms with Gasteiger partial charge in [-0.2, -0.15) is 0 Å². The van der Waals surface area contributed by atoms with Gasteiger partial charge in [-0.3, -0.25) is 4.90 Å². The Morgan fingerprint density at radius 1 is 0.690 bits per heavy atom. The van der Waals surface area contributed by atoms with Gasteiger partial charge in [-0.1, -0.05) is 159 Å². The molecule has 288 valence electrons. The molecule has 0 fully saturated rings. The maximum atomic E-state index is 9.08. The number of allylic oxidation sites excluding steroid dienone is 9. The lowest BCUT2D eigenvalue weighted by atomic mass is 9.62. The minimum Gasteiger partial charge on any atom is -0.305 e. The fraction of sp³-hybridized carbons (Fsp3) is 0.268. The molecule has 10 rings (SSSR count). The maximum absolute atomic E-state index is 9.08. The number of fused-ring (bicyclic) bond motifs is 9. The molecule has 0 saturated carbocycles. The zero-order valence-corrected chi connectivity index (χ0v) is 34.1. The first-order valence-corrected chi connectivity index (χ1v) is 21.7. The number of rotatable bonds is 9. The van der Waals surface area contributed by atoms with Gasteiger partial charge in [0.25, 0.3) is 0 Å². The number of hydrogen-bond donors (Lipinski definition) is 1. The Balaban J connectivity index is 0.945. The minimum absolute atomic E-state index is 0.182. The highest BCUT2D eigenvalue weighted by molar-refractivity contribution is 5.98. The van der Waals surface area contributed by atoms with Crippen LogP contribution in [-0.4, -0.2) is 24.2 Å². The molecular formula is C56H54N2. The van der Waals surface area contributed by atoms with Crippen LogP contribution in [-0.2, 0) is 11.8 Å². The number of nitrogens with one attached hydrogen (secondary N) is 1. The van der Waals surface area contributed by atoms with Gasteiger partial charge in [-0.05, 0) is 148 Å². The van der Waals surface area contributed by atoms with E-state index in [1.807, 2.05) is 0 Å². The Hall–Kier alpha value is -5.57. The summed E-state index contributed by atoms with van der Waals surface area (Å²) in [6, 6.07) is 45.8. The second kappa shape index (κ2) is 15.3. The van der Waals surface area contributed by atoms with Crippen LogP contribution in [0.3, 0.4) is 0 Å². The van der Waals surface area contributed by atoms with Crippen LogP contribution in [0.25, 0.3) is 27.8 Å². The van der Waals surface area contributed by atoms with Crippen molar-refractivity contribution in [3.63, 3.8) is 0 Å². The third-order valence-corrected chi connectivity index (χ3v) is 14.3. The molecule has 5 aromatic rings. The topological polar surface area (TPSA) is 27.1 Å². The van der Waals surface area contributed by atoms with Gasteiger partial charge in [0.15, 0.2) is 0 Å². The molecule has 2 nitrogen and oxygen atoms in total. The van der Waals surface area contributed by atoms with Crippen molar-refractivity contribution in [2.45, 2.75) is 69.7 Å². The largest absolute Gasteiger partial charge is 0.305 e. The monoisotopic (exact) mass is 754 g/mol. The third-order valence-electron chi connectivity index (χ3n) is 14.3. The van der Waals surface area contributed by atoms with Crippen molar-refractivity contribution in [1.82, 2.24) is 4.90 Å². The predicted octanol–water partition coefficient (Wildman–Crippen LogP) is 13.7. The smallest absolute Gasteiger partial charge is 0.0510 e. The van der Waals surface area contributed by atoms with Crippen LogP contribution in [0.4, 0.5) is 0 Å². The van der Waals surface area contributed by atoms with Crippen molar-refractivity contribution in [1.29, 1.82) is 5.41 Å². The average Bonchev–Trinajstić information content (AvgIpc) is 3.56. The Labute approximate surface area is 345 Å². The van der Waals surface area contributed by atoms with E-state index in [0.717, 1.165) is 57.2 Å². The Kier molecular flexibility index (Phi) is 9.70. The quantitative estimate of drug-likeness (QED) is 0.149. The molecule has 5 aliphatic rings. The molecular weight excluding hydrogens is 701 g/mol. The molecule has 2 heteroatoms. The normalized spacial score (nSPS) is 20.5. The number of benzene rings is 5. The van der Waals surface area contributed by atoms with E-state index in [9.17, 15) is 0 Å². The maximum Gasteiger partial charge on any atom is 0.0510 e. The van der Waals surface area contributed by atoms with Gasteiger partial charge in [-0.25, -0.2) is 0 Å². The van der Waals surface area contributed by atoms with Gasteiger partial charge in [0.05, 0.1) is 5.41 Å². The van der Waals surface area contributed by atoms with E-state index in [1.165, 1.54) is 78.8 Å². The van der Waals surface area contributed by atoms with E-state index in [4.69, 9.17) is 5.41 Å². The van der Waals surface area contributed by atoms with Crippen molar-refractivity contribution in [3.8, 4) is 22.3 Å². The van der Waals surface area contributed by atoms with Gasteiger partial charge in [0.1, 0.15) is 0 Å². The van der Waals surface area contributed by atoms with E-state index in [-0.39, 0.29) is 11.5 Å². The molecule has 0 bridgehead atoms. The first-order valence-electron chi connectivity index (χ1n) is 21.7. The highest BCUT2D eigenvalue weighted by atomic mass is 15.1. The van der Waals surface area contributed by atoms with E-state index in [0.29, 0.717) is 11.8 Å². The van der Waals surface area contributed by atoms with Crippen molar-refractivity contribution < 1.29 is 0 Å². The van der Waals surface area contributed by atoms with Crippen LogP contribution in [0, 0.1) is 17.2 Å². The molecule has 3 atom stereocenters. The predicted molar refractivity (Wildman–Crippen MR) is 243 cm³/mol. The lowest BCUT2D eigenvalue weighted by Crippen LogP contribution is -2.34. The Bertz CT molecular complexity index is 2510. The van der Waals surface area contributed by atoms with Crippen LogP contribution in [0.2, 0.25) is 0 Å². The summed E-state index contributed by atoms with van der Waals surface area (Å²) in [6.07, 6.45) is 22.3. The average molecular weight is 755 g/mol. The molecule has 0 aliphatic heterocycles. The summed E-state index contributed by atoms with van der Waals surface area (Å²) in [5, 5.41) is 9.08. The molecule has 0 heterocycles. The summed E-state index contributed by atoms with van der Waals surface area (Å²) in [5.41, 5.74) is 20.2. The molecule has 58 heavy (non-hydrogen) atoms. The first-order chi connectivity index (χ1) is 28.5. The van der Waals surface area contributed by atoms with E-state index >= 15 is 0 Å². The van der Waals surface area contributed by atoms with Crippen molar-refractivity contribution in [2.24, 2.45) is 11.8 Å². The fourth-order valence-electron chi connectivity index (χ4n) is 11.0. The lowest BCUT2D eigenvalue weighted by molar-refractivity contribution is 0.195. The van der Waals surface area contributed by atoms with Crippen LogP contribution < -0.4 is 0 Å². The fourth-order valence-corrected chi connectivity index (χ4v) is 11.0. The van der Waals surface area contributed by atoms with Crippen molar-refractivity contribution >= 4 is 11.3 Å². The molecule has 5 aliphatic carbocycles. The van der Waals surface area contributed by atoms with Crippen molar-refractivity contribution in [2.75, 3.05) is 13.6 Å². The summed E-state index contributed by atoms with van der Waals surface area (Å²) >= 11 is 0. The summed E-state index contributed by atoms with van der Waals surface area (Å²) in [6.45, 7) is 3.44. The molecule has 1 N–H and O–H groups in total. The molecule has 0 aromatic heterocycles. The van der Waals surface area contributed by atoms with Gasteiger partial charge in [0, 0.05) is 24.7 Å². The highest BCUT2D eigenvalue weighted by Crippen LogP contribution is 2.59. The van der Waals surface area contributed by atoms with Crippen LogP contribution in [0.15, 0.2) is 175 Å². The van der Waals surface area contributed by atoms with E-state index < -0.39 is 0 Å². The molecule has 0 radical (unpaired) electrons. The van der Waals surface area contributed by atoms with E-state index in [1.54, 1.807) is 5.57 Å². The van der Waals surface area contributed by atoms with E-state index in [2.05, 4.69) is 177 Å². The molecule has 3 unspecified atom stereocenters. The van der Waals surface area contributed by atoms with Crippen LogP contribution in [0.5, 0.6) is 0 Å². The number of hydrogen-bond acceptors (Lipinski definition) is 2. The molecule has 1 spiro atoms. The summed E-state index contributed by atoms with van der Waals surface area (Å²) in [5.74, 6) is 1.11. The molecule has 5 aromatic carbocycles. The third kappa shape index (κ3) is 6.43. The van der Waals surface area contributed by atoms with Crippen LogP contribution >= 0.6 is 0 Å². The standard InChI is InChI=1S/C56H54N2/c1-38-25-26-43(33-46(38)37-58(2)55(42-17-7-4-8-18-42)35-54(57)41-15-5-3-6-16-41)39-27-29-40(30-28-39)44-31-32-50-47-20-10-9-19-45(47)36-56(53(50)34-44)51-23-13-11-21-48(51)49-22-12-14-24-52(49)56/h3-5,7-15,17-24,27,29,31-34,38,46,55,57H,6,16,25-26,28,30,35-37H2,1-2H3. The lowest BCUT2D eigenvalue weighted by Gasteiger charge is -2.39. The minimum atomic E-state index is -0.209. The zero-order chi connectivity index (χ0) is 39.2. The van der Waals surface area contributed by atoms with Gasteiger partial charge < -0.3 is 5.41 Å². The first kappa shape index (κ1) is 36.7. The van der Waals surface area contributed by atoms with Gasteiger partial charge in [0.2, 0.25) is 0 Å². The number of nitrogens with zero attached hydrogens (tertiary/aromatic N) is 1. The zero-order valence-electron chi connectivity index (χ0n) is 34.1. The van der Waals surface area contributed by atoms with Gasteiger partial charge in [-0.15, -0.1) is 0 Å². The Morgan fingerprint density at radius 3 is 2.09 bits per heavy atom. The summed E-state index contributed by atoms with van der Waals surface area (Å²) in [7, 11) is 2.29. The SMILES string of the molecule is CC1CCC(C2=CC=C(c3ccc4c(c3)C3(Cc5ccccc5-4)c4ccccc4-c4ccccc43)CC2)=CC1CN(C)C(CC(=N)C1=CC=CCC1)c1ccccc1.